The second-order valence-corrected chi connectivity index (χ2v) is 6.17. The normalized spacial score (nSPS) is 20.1. The summed E-state index contributed by atoms with van der Waals surface area (Å²) in [5.74, 6) is -6.73. The molecular weight excluding hydrogens is 338 g/mol. The molecule has 2 aliphatic rings. The lowest BCUT2D eigenvalue weighted by Crippen LogP contribution is -2.65. The summed E-state index contributed by atoms with van der Waals surface area (Å²) in [6.45, 7) is -0.440. The van der Waals surface area contributed by atoms with Crippen molar-refractivity contribution < 1.29 is 33.7 Å². The lowest BCUT2D eigenvalue weighted by atomic mass is 9.72. The number of aromatic hydroxyl groups is 1. The maximum atomic E-state index is 14.0. The fourth-order valence-corrected chi connectivity index (χ4v) is 3.29. The van der Waals surface area contributed by atoms with E-state index < -0.39 is 52.7 Å². The van der Waals surface area contributed by atoms with Crippen LogP contribution in [0.15, 0.2) is 23.5 Å². The first kappa shape index (κ1) is 17.2. The van der Waals surface area contributed by atoms with Crippen LogP contribution in [0.1, 0.15) is 24.8 Å². The summed E-state index contributed by atoms with van der Waals surface area (Å²) in [7, 11) is 1.49. The molecule has 3 rings (SSSR count). The van der Waals surface area contributed by atoms with Crippen LogP contribution in [0, 0.1) is 11.6 Å². The van der Waals surface area contributed by atoms with Crippen LogP contribution in [-0.2, 0) is 16.1 Å². The number of phenols is 1. The molecule has 0 radical (unpaired) electrons. The number of carboxylic acid groups (broad SMARTS) is 1. The molecule has 1 aliphatic carbocycles. The third-order valence-electron chi connectivity index (χ3n) is 4.96. The van der Waals surface area contributed by atoms with Gasteiger partial charge in [0, 0.05) is 12.6 Å². The molecule has 0 atom stereocenters. The number of carbonyl (C=O) groups excluding carboxylic acids is 1. The number of hydrogen-bond acceptors (Lipinski definition) is 5. The largest absolute Gasteiger partial charge is 0.509 e. The Labute approximate surface area is 141 Å². The lowest BCUT2D eigenvalue weighted by Gasteiger charge is -2.54. The van der Waals surface area contributed by atoms with E-state index in [4.69, 9.17) is 0 Å². The van der Waals surface area contributed by atoms with E-state index in [9.17, 15) is 33.7 Å². The molecule has 134 valence electrons. The number of hydrogen-bond donors (Lipinski definition) is 3. The van der Waals surface area contributed by atoms with Crippen molar-refractivity contribution in [1.29, 1.82) is 0 Å². The molecule has 7 nitrogen and oxygen atoms in total. The highest BCUT2D eigenvalue weighted by molar-refractivity contribution is 6.16. The molecule has 3 N–H and O–H groups in total. The lowest BCUT2D eigenvalue weighted by molar-refractivity contribution is -0.174. The highest BCUT2D eigenvalue weighted by atomic mass is 19.2. The summed E-state index contributed by atoms with van der Waals surface area (Å²) in [6.07, 6.45) is 1.59. The van der Waals surface area contributed by atoms with Crippen LogP contribution < -0.4 is 0 Å². The topological polar surface area (TPSA) is 101 Å². The average Bonchev–Trinajstić information content (AvgIpc) is 2.49. The van der Waals surface area contributed by atoms with Crippen molar-refractivity contribution in [3.05, 3.63) is 40.7 Å². The van der Waals surface area contributed by atoms with Crippen molar-refractivity contribution in [2.45, 2.75) is 31.3 Å². The third-order valence-corrected chi connectivity index (χ3v) is 4.96. The number of rotatable bonds is 3. The molecule has 0 bridgehead atoms. The molecule has 1 amide bonds. The number of likely N-dealkylation sites (N-methyl/N-ethyl adjacent to an activating group) is 1. The number of carbonyl (C=O) groups is 2. The third kappa shape index (κ3) is 2.34. The smallest absolute Gasteiger partial charge is 0.344 e. The van der Waals surface area contributed by atoms with Gasteiger partial charge in [-0.15, -0.1) is 0 Å². The molecule has 1 aromatic carbocycles. The number of aliphatic carboxylic acids is 1. The van der Waals surface area contributed by atoms with E-state index in [1.807, 2.05) is 0 Å². The van der Waals surface area contributed by atoms with Gasteiger partial charge in [-0.05, 0) is 25.3 Å². The van der Waals surface area contributed by atoms with Crippen LogP contribution in [-0.4, -0.2) is 49.8 Å². The standard InChI is InChI=1S/C16H16F2N2O5/c1-19-16(5-2-6-16)13(22)10(15(24)25)14(23)20(19)7-8-3-4-9(21)12(18)11(8)17/h3-4,21-22H,2,5-7H2,1H3,(H,24,25). The predicted molar refractivity (Wildman–Crippen MR) is 80.2 cm³/mol. The van der Waals surface area contributed by atoms with Crippen LogP contribution in [0.25, 0.3) is 0 Å². The molecule has 0 unspecified atom stereocenters. The van der Waals surface area contributed by atoms with Gasteiger partial charge in [0.15, 0.2) is 17.1 Å². The number of aliphatic hydroxyl groups is 1. The molecule has 25 heavy (non-hydrogen) atoms. The first-order valence-corrected chi connectivity index (χ1v) is 7.59. The van der Waals surface area contributed by atoms with Crippen molar-refractivity contribution in [2.24, 2.45) is 0 Å². The molecule has 1 fully saturated rings. The molecule has 0 aromatic heterocycles. The molecule has 1 heterocycles. The SMILES string of the molecule is CN1N(Cc2ccc(O)c(F)c2F)C(=O)C(C(=O)O)=C(O)C12CCC2. The van der Waals surface area contributed by atoms with Gasteiger partial charge in [-0.3, -0.25) is 9.80 Å². The maximum Gasteiger partial charge on any atom is 0.344 e. The Bertz CT molecular complexity index is 804. The zero-order valence-electron chi connectivity index (χ0n) is 13.3. The first-order valence-electron chi connectivity index (χ1n) is 7.59. The van der Waals surface area contributed by atoms with E-state index in [0.29, 0.717) is 12.8 Å². The van der Waals surface area contributed by atoms with E-state index in [0.717, 1.165) is 23.6 Å². The van der Waals surface area contributed by atoms with E-state index in [1.165, 1.54) is 12.1 Å². The first-order chi connectivity index (χ1) is 11.7. The fraction of sp³-hybridized carbons (Fsp3) is 0.375. The summed E-state index contributed by atoms with van der Waals surface area (Å²) in [5, 5.41) is 31.1. The van der Waals surface area contributed by atoms with Gasteiger partial charge in [-0.25, -0.2) is 14.2 Å². The Balaban J connectivity index is 2.04. The summed E-state index contributed by atoms with van der Waals surface area (Å²) >= 11 is 0. The molecule has 0 saturated heterocycles. The number of aliphatic hydroxyl groups excluding tert-OH is 1. The monoisotopic (exact) mass is 354 g/mol. The van der Waals surface area contributed by atoms with Crippen molar-refractivity contribution in [2.75, 3.05) is 7.05 Å². The van der Waals surface area contributed by atoms with E-state index in [1.54, 1.807) is 0 Å². The highest BCUT2D eigenvalue weighted by Crippen LogP contribution is 2.46. The van der Waals surface area contributed by atoms with Crippen molar-refractivity contribution >= 4 is 11.9 Å². The van der Waals surface area contributed by atoms with Gasteiger partial charge in [0.1, 0.15) is 5.76 Å². The van der Waals surface area contributed by atoms with E-state index >= 15 is 0 Å². The van der Waals surface area contributed by atoms with Crippen LogP contribution in [0.2, 0.25) is 0 Å². The summed E-state index contributed by atoms with van der Waals surface area (Å²) < 4.78 is 27.6. The highest BCUT2D eigenvalue weighted by Gasteiger charge is 2.54. The molecule has 1 aliphatic heterocycles. The number of nitrogens with zero attached hydrogens (tertiary/aromatic N) is 2. The van der Waals surface area contributed by atoms with E-state index in [-0.39, 0.29) is 5.56 Å². The van der Waals surface area contributed by atoms with Gasteiger partial charge < -0.3 is 15.3 Å². The average molecular weight is 354 g/mol. The number of phenolic OH excluding ortho intramolecular Hbond substituents is 1. The zero-order valence-corrected chi connectivity index (χ0v) is 13.3. The van der Waals surface area contributed by atoms with Crippen LogP contribution in [0.5, 0.6) is 5.75 Å². The van der Waals surface area contributed by atoms with Gasteiger partial charge >= 0.3 is 5.97 Å². The Hall–Kier alpha value is -2.68. The Morgan fingerprint density at radius 3 is 2.40 bits per heavy atom. The predicted octanol–water partition coefficient (Wildman–Crippen LogP) is 1.68. The van der Waals surface area contributed by atoms with Gasteiger partial charge in [0.2, 0.25) is 5.82 Å². The summed E-state index contributed by atoms with van der Waals surface area (Å²) in [4.78, 5) is 23.9. The molecular formula is C16H16F2N2O5. The molecule has 1 aromatic rings. The molecule has 9 heteroatoms. The molecule has 1 saturated carbocycles. The van der Waals surface area contributed by atoms with E-state index in [2.05, 4.69) is 0 Å². The summed E-state index contributed by atoms with van der Waals surface area (Å²) in [6, 6.07) is 2.06. The van der Waals surface area contributed by atoms with Gasteiger partial charge in [-0.2, -0.15) is 4.39 Å². The second-order valence-electron chi connectivity index (χ2n) is 6.17. The second kappa shape index (κ2) is 5.69. The minimum Gasteiger partial charge on any atom is -0.509 e. The van der Waals surface area contributed by atoms with Gasteiger partial charge in [0.05, 0.1) is 12.1 Å². The maximum absolute atomic E-state index is 14.0. The van der Waals surface area contributed by atoms with Crippen molar-refractivity contribution in [3.8, 4) is 5.75 Å². The fourth-order valence-electron chi connectivity index (χ4n) is 3.29. The molecule has 1 spiro atoms. The summed E-state index contributed by atoms with van der Waals surface area (Å²) in [5.41, 5.74) is -2.03. The minimum absolute atomic E-state index is 0.226. The zero-order chi connectivity index (χ0) is 18.5. The number of carboxylic acids is 1. The van der Waals surface area contributed by atoms with Crippen molar-refractivity contribution in [3.63, 3.8) is 0 Å². The number of benzene rings is 1. The van der Waals surface area contributed by atoms with Crippen molar-refractivity contribution in [1.82, 2.24) is 10.0 Å². The van der Waals surface area contributed by atoms with Crippen LogP contribution >= 0.6 is 0 Å². The van der Waals surface area contributed by atoms with Crippen LogP contribution in [0.4, 0.5) is 8.78 Å². The minimum atomic E-state index is -1.58. The number of amides is 1. The van der Waals surface area contributed by atoms with Crippen LogP contribution in [0.3, 0.4) is 0 Å². The quantitative estimate of drug-likeness (QED) is 0.714. The van der Waals surface area contributed by atoms with Gasteiger partial charge in [0.25, 0.3) is 5.91 Å². The Morgan fingerprint density at radius 1 is 1.24 bits per heavy atom. The Morgan fingerprint density at radius 2 is 1.88 bits per heavy atom. The van der Waals surface area contributed by atoms with Gasteiger partial charge in [-0.1, -0.05) is 6.07 Å². The number of hydrazine groups is 1. The number of halogens is 2. The Kier molecular flexibility index (Phi) is 3.91.